The fourth-order valence-electron chi connectivity index (χ4n) is 2.64. The summed E-state index contributed by atoms with van der Waals surface area (Å²) in [7, 11) is -4.12. The van der Waals surface area contributed by atoms with E-state index in [1.807, 2.05) is 0 Å². The van der Waals surface area contributed by atoms with Gasteiger partial charge in [0.15, 0.2) is 9.84 Å². The van der Waals surface area contributed by atoms with Gasteiger partial charge in [0.1, 0.15) is 31.8 Å². The molecule has 0 spiro atoms. The number of carbonyl (C=O) groups is 5. The standard InChI is InChI=1S/C20H32O19S5/c21-15(1-6-40(26)27)36-11-20(12-37-16(22)2-7-41(28)29,13-38-17(23)3-8-42(30)31)14-39-18(24)4-9-44(34,35)10-5-19(25)43(32)33/h1-14H2,(H,26,27)(H,28,29)(H,30,31)(H,32,33)/p-4. The Morgan fingerprint density at radius 2 is 0.818 bits per heavy atom. The van der Waals surface area contributed by atoms with Crippen molar-refractivity contribution in [3.05, 3.63) is 0 Å². The average molecular weight is 733 g/mol. The van der Waals surface area contributed by atoms with Crippen molar-refractivity contribution in [3.63, 3.8) is 0 Å². The summed E-state index contributed by atoms with van der Waals surface area (Å²) < 4.78 is 130. The number of carbonyl (C=O) groups excluding carboxylic acids is 5. The molecule has 0 saturated carbocycles. The van der Waals surface area contributed by atoms with Gasteiger partial charge in [0, 0.05) is 34.8 Å². The fraction of sp³-hybridized carbons (Fsp3) is 0.750. The maximum absolute atomic E-state index is 12.3. The average Bonchev–Trinajstić information content (AvgIpc) is 2.94. The number of hydrogen-bond donors (Lipinski definition) is 0. The summed E-state index contributed by atoms with van der Waals surface area (Å²) in [5.74, 6) is -8.25. The van der Waals surface area contributed by atoms with Crippen LogP contribution in [-0.2, 0) is 97.1 Å². The zero-order chi connectivity index (χ0) is 33.9. The topological polar surface area (TPSA) is 317 Å². The Bertz CT molecular complexity index is 1130. The monoisotopic (exact) mass is 732 g/mol. The third kappa shape index (κ3) is 21.6. The van der Waals surface area contributed by atoms with Gasteiger partial charge in [-0.25, -0.2) is 8.42 Å². The molecule has 0 aliphatic heterocycles. The lowest BCUT2D eigenvalue weighted by Gasteiger charge is -2.31. The second kappa shape index (κ2) is 21.6. The van der Waals surface area contributed by atoms with Crippen LogP contribution in [0.3, 0.4) is 0 Å². The molecule has 4 unspecified atom stereocenters. The lowest BCUT2D eigenvalue weighted by molar-refractivity contribution is -0.170. The predicted molar refractivity (Wildman–Crippen MR) is 143 cm³/mol. The highest BCUT2D eigenvalue weighted by atomic mass is 32.2. The quantitative estimate of drug-likeness (QED) is 0.0560. The SMILES string of the molecule is O=C(CCS(=O)[O-])OCC(COC(=O)CCS(=O)[O-])(COC(=O)CCS(=O)[O-])COC(=O)CCS(=O)(=O)CCC(=O)S(=O)[O-]. The van der Waals surface area contributed by atoms with Crippen LogP contribution in [-0.4, -0.2) is 128 Å². The third-order valence-corrected chi connectivity index (χ3v) is 8.84. The molecule has 0 amide bonds. The van der Waals surface area contributed by atoms with Crippen molar-refractivity contribution in [2.45, 2.75) is 32.1 Å². The van der Waals surface area contributed by atoms with Crippen molar-refractivity contribution in [2.75, 3.05) is 55.2 Å². The molecule has 0 fully saturated rings. The number of ether oxygens (including phenoxy) is 4. The van der Waals surface area contributed by atoms with Crippen molar-refractivity contribution < 1.29 is 86.4 Å². The summed E-state index contributed by atoms with van der Waals surface area (Å²) >= 11 is -11.0. The first-order valence-electron chi connectivity index (χ1n) is 12.0. The van der Waals surface area contributed by atoms with Crippen molar-refractivity contribution in [1.29, 1.82) is 0 Å². The smallest absolute Gasteiger partial charge is 0.306 e. The van der Waals surface area contributed by atoms with E-state index in [1.165, 1.54) is 0 Å². The fourth-order valence-corrected chi connectivity index (χ4v) is 5.21. The molecule has 24 heteroatoms. The van der Waals surface area contributed by atoms with Crippen LogP contribution in [0.4, 0.5) is 0 Å². The molecule has 0 aromatic rings. The van der Waals surface area contributed by atoms with Gasteiger partial charge in [0.2, 0.25) is 5.12 Å². The van der Waals surface area contributed by atoms with Gasteiger partial charge in [0.25, 0.3) is 0 Å². The van der Waals surface area contributed by atoms with Crippen molar-refractivity contribution in [1.82, 2.24) is 0 Å². The molecule has 0 bridgehead atoms. The van der Waals surface area contributed by atoms with Crippen LogP contribution >= 0.6 is 0 Å². The van der Waals surface area contributed by atoms with E-state index in [-0.39, 0.29) is 0 Å². The Kier molecular flexibility index (Phi) is 20.6. The van der Waals surface area contributed by atoms with Crippen LogP contribution in [0.15, 0.2) is 0 Å². The predicted octanol–water partition coefficient (Wildman–Crippen LogP) is -3.45. The Morgan fingerprint density at radius 3 is 1.11 bits per heavy atom. The first-order valence-corrected chi connectivity index (χ1v) is 18.6. The van der Waals surface area contributed by atoms with E-state index in [1.54, 1.807) is 0 Å². The highest BCUT2D eigenvalue weighted by Crippen LogP contribution is 2.22. The van der Waals surface area contributed by atoms with Crippen LogP contribution in [0.1, 0.15) is 32.1 Å². The molecule has 4 atom stereocenters. The second-order valence-corrected chi connectivity index (χ2v) is 15.0. The van der Waals surface area contributed by atoms with Gasteiger partial charge in [-0.1, -0.05) is 33.2 Å². The van der Waals surface area contributed by atoms with Crippen molar-refractivity contribution in [2.24, 2.45) is 5.41 Å². The molecule has 0 aromatic heterocycles. The van der Waals surface area contributed by atoms with E-state index in [9.17, 15) is 67.4 Å². The summed E-state index contributed by atoms with van der Waals surface area (Å²) in [6.45, 7) is -3.49. The summed E-state index contributed by atoms with van der Waals surface area (Å²) in [5, 5.41) is -1.37. The first-order chi connectivity index (χ1) is 20.4. The number of esters is 4. The maximum Gasteiger partial charge on any atom is 0.306 e. The molecule has 256 valence electrons. The minimum Gasteiger partial charge on any atom is -0.772 e. The van der Waals surface area contributed by atoms with E-state index in [4.69, 9.17) is 18.9 Å². The summed E-state index contributed by atoms with van der Waals surface area (Å²) in [5.41, 5.74) is -1.94. The third-order valence-electron chi connectivity index (χ3n) is 5.00. The van der Waals surface area contributed by atoms with Gasteiger partial charge < -0.3 is 37.2 Å². The highest BCUT2D eigenvalue weighted by Gasteiger charge is 2.38. The summed E-state index contributed by atoms with van der Waals surface area (Å²) in [4.78, 5) is 59.6. The highest BCUT2D eigenvalue weighted by molar-refractivity contribution is 7.95. The Morgan fingerprint density at radius 1 is 0.523 bits per heavy atom. The normalized spacial score (nSPS) is 15.5. The van der Waals surface area contributed by atoms with Gasteiger partial charge >= 0.3 is 23.9 Å². The lowest BCUT2D eigenvalue weighted by Crippen LogP contribution is -2.44. The maximum atomic E-state index is 12.3. The minimum absolute atomic E-state index is 0.642. The molecule has 0 rings (SSSR count). The second-order valence-electron chi connectivity index (χ2n) is 8.67. The molecule has 0 aromatic carbocycles. The number of sulfone groups is 1. The number of rotatable bonds is 23. The Labute approximate surface area is 261 Å². The Balaban J connectivity index is 5.79. The number of hydrogen-bond acceptors (Lipinski definition) is 19. The molecule has 44 heavy (non-hydrogen) atoms. The molecule has 0 heterocycles. The largest absolute Gasteiger partial charge is 0.772 e. The van der Waals surface area contributed by atoms with Crippen LogP contribution in [0.5, 0.6) is 0 Å². The molecule has 19 nitrogen and oxygen atoms in total. The van der Waals surface area contributed by atoms with Crippen LogP contribution in [0.2, 0.25) is 0 Å². The van der Waals surface area contributed by atoms with E-state index >= 15 is 0 Å². The van der Waals surface area contributed by atoms with Gasteiger partial charge in [-0.2, -0.15) is 0 Å². The lowest BCUT2D eigenvalue weighted by atomic mass is 9.92. The molecule has 0 aliphatic rings. The van der Waals surface area contributed by atoms with Gasteiger partial charge in [-0.15, -0.1) is 0 Å². The van der Waals surface area contributed by atoms with Gasteiger partial charge in [0.05, 0.1) is 37.2 Å². The molecule has 0 saturated heterocycles. The summed E-state index contributed by atoms with van der Waals surface area (Å²) in [6, 6.07) is 0. The van der Waals surface area contributed by atoms with Crippen LogP contribution in [0.25, 0.3) is 0 Å². The van der Waals surface area contributed by atoms with E-state index < -0.39 is 176 Å². The van der Waals surface area contributed by atoms with Crippen LogP contribution < -0.4 is 0 Å². The van der Waals surface area contributed by atoms with E-state index in [2.05, 4.69) is 0 Å². The zero-order valence-electron chi connectivity index (χ0n) is 22.7. The summed E-state index contributed by atoms with van der Waals surface area (Å²) in [6.07, 6.45) is -3.62. The Hall–Kier alpha value is -2.06. The molecular weight excluding hydrogens is 705 g/mol. The molecular formula is C20H28O19S5-4. The minimum atomic E-state index is -4.12. The zero-order valence-corrected chi connectivity index (χ0v) is 26.8. The molecule has 0 N–H and O–H groups in total. The molecule has 0 aliphatic carbocycles. The van der Waals surface area contributed by atoms with Gasteiger partial charge in [-0.05, 0) is 0 Å². The van der Waals surface area contributed by atoms with Gasteiger partial charge in [-0.3, -0.25) is 40.8 Å². The first kappa shape index (κ1) is 41.9. The molecule has 0 radical (unpaired) electrons. The van der Waals surface area contributed by atoms with E-state index in [0.29, 0.717) is 0 Å². The van der Waals surface area contributed by atoms with Crippen LogP contribution in [0, 0.1) is 5.41 Å². The van der Waals surface area contributed by atoms with Crippen molar-refractivity contribution >= 4 is 83.2 Å². The van der Waals surface area contributed by atoms with Crippen molar-refractivity contribution in [3.8, 4) is 0 Å². The van der Waals surface area contributed by atoms with E-state index in [0.717, 1.165) is 0 Å².